The molecule has 1 aromatic carbocycles. The summed E-state index contributed by atoms with van der Waals surface area (Å²) in [7, 11) is 1.85. The molecule has 2 aliphatic heterocycles. The highest BCUT2D eigenvalue weighted by molar-refractivity contribution is 6.30. The molecule has 2 saturated heterocycles. The van der Waals surface area contributed by atoms with Crippen LogP contribution in [0.1, 0.15) is 16.1 Å². The maximum absolute atomic E-state index is 12.6. The summed E-state index contributed by atoms with van der Waals surface area (Å²) in [6.45, 7) is 2.85. The van der Waals surface area contributed by atoms with E-state index in [9.17, 15) is 9.59 Å². The zero-order valence-corrected chi connectivity index (χ0v) is 15.4. The van der Waals surface area contributed by atoms with Crippen LogP contribution in [0.2, 0.25) is 5.02 Å². The van der Waals surface area contributed by atoms with E-state index in [-0.39, 0.29) is 11.8 Å². The van der Waals surface area contributed by atoms with E-state index in [0.717, 1.165) is 18.7 Å². The Hall–Kier alpha value is -2.34. The molecule has 2 aliphatic rings. The van der Waals surface area contributed by atoms with Gasteiger partial charge in [-0.1, -0.05) is 23.7 Å². The first-order valence-electron chi connectivity index (χ1n) is 8.79. The highest BCUT2D eigenvalue weighted by Crippen LogP contribution is 2.32. The van der Waals surface area contributed by atoms with E-state index in [2.05, 4.69) is 4.98 Å². The first-order chi connectivity index (χ1) is 12.5. The molecule has 26 heavy (non-hydrogen) atoms. The summed E-state index contributed by atoms with van der Waals surface area (Å²) in [5, 5.41) is 0.676. The molecule has 136 valence electrons. The van der Waals surface area contributed by atoms with Gasteiger partial charge in [0.05, 0.1) is 12.7 Å². The van der Waals surface area contributed by atoms with E-state index in [1.165, 1.54) is 0 Å². The number of halogens is 1. The molecule has 0 unspecified atom stereocenters. The van der Waals surface area contributed by atoms with E-state index >= 15 is 0 Å². The predicted molar refractivity (Wildman–Crippen MR) is 97.8 cm³/mol. The third kappa shape index (κ3) is 3.33. The van der Waals surface area contributed by atoms with Gasteiger partial charge >= 0.3 is 0 Å². The quantitative estimate of drug-likeness (QED) is 0.826. The van der Waals surface area contributed by atoms with Crippen molar-refractivity contribution in [3.8, 4) is 0 Å². The Morgan fingerprint density at radius 1 is 1.08 bits per heavy atom. The van der Waals surface area contributed by atoms with Gasteiger partial charge in [0.15, 0.2) is 0 Å². The molecule has 0 N–H and O–H groups in total. The second-order valence-electron chi connectivity index (χ2n) is 7.26. The number of fused-ring (bicyclic) bond motifs is 1. The Kier molecular flexibility index (Phi) is 4.44. The Morgan fingerprint density at radius 3 is 2.27 bits per heavy atom. The van der Waals surface area contributed by atoms with Crippen molar-refractivity contribution in [1.29, 1.82) is 0 Å². The highest BCUT2D eigenvalue weighted by atomic mass is 35.5. The summed E-state index contributed by atoms with van der Waals surface area (Å²) < 4.78 is 1.78. The lowest BCUT2D eigenvalue weighted by atomic mass is 10.0. The normalized spacial score (nSPS) is 21.9. The molecule has 0 radical (unpaired) electrons. The molecule has 4 rings (SSSR count). The monoisotopic (exact) mass is 372 g/mol. The number of imidazole rings is 1. The van der Waals surface area contributed by atoms with Crippen LogP contribution in [0.4, 0.5) is 0 Å². The van der Waals surface area contributed by atoms with Gasteiger partial charge in [0.25, 0.3) is 5.91 Å². The topological polar surface area (TPSA) is 58.4 Å². The lowest BCUT2D eigenvalue weighted by Gasteiger charge is -2.21. The van der Waals surface area contributed by atoms with Crippen LogP contribution in [0.3, 0.4) is 0 Å². The van der Waals surface area contributed by atoms with Crippen molar-refractivity contribution in [2.24, 2.45) is 18.9 Å². The van der Waals surface area contributed by atoms with Gasteiger partial charge in [0, 0.05) is 56.3 Å². The van der Waals surface area contributed by atoms with E-state index in [1.54, 1.807) is 17.1 Å². The minimum absolute atomic E-state index is 0.0148. The molecule has 2 aromatic rings. The van der Waals surface area contributed by atoms with Crippen LogP contribution >= 0.6 is 11.6 Å². The first-order valence-corrected chi connectivity index (χ1v) is 9.17. The molecule has 2 fully saturated rings. The van der Waals surface area contributed by atoms with Crippen LogP contribution in [0.25, 0.3) is 0 Å². The highest BCUT2D eigenvalue weighted by Gasteiger charge is 2.43. The fourth-order valence-corrected chi connectivity index (χ4v) is 4.06. The number of likely N-dealkylation sites (tertiary alicyclic amines) is 2. The fourth-order valence-electron chi connectivity index (χ4n) is 3.94. The van der Waals surface area contributed by atoms with Gasteiger partial charge in [0.1, 0.15) is 5.69 Å². The van der Waals surface area contributed by atoms with Crippen molar-refractivity contribution in [3.05, 3.63) is 53.1 Å². The zero-order chi connectivity index (χ0) is 18.3. The predicted octanol–water partition coefficient (Wildman–Crippen LogP) is 1.85. The van der Waals surface area contributed by atoms with Gasteiger partial charge in [-0.05, 0) is 17.7 Å². The summed E-state index contributed by atoms with van der Waals surface area (Å²) in [5.41, 5.74) is 1.46. The van der Waals surface area contributed by atoms with Crippen LogP contribution in [0.5, 0.6) is 0 Å². The molecule has 0 saturated carbocycles. The third-order valence-electron chi connectivity index (χ3n) is 5.32. The number of benzene rings is 1. The molecule has 0 aliphatic carbocycles. The maximum atomic E-state index is 12.6. The molecule has 7 heteroatoms. The standard InChI is InChI=1S/C19H21ClN4O2/c1-22-11-17(21-12-22)19(26)24-9-14-7-23(8-15(14)10-24)18(25)6-13-2-4-16(20)5-3-13/h2-5,11-12,14-15H,6-10H2,1H3/t14-,15+. The lowest BCUT2D eigenvalue weighted by Crippen LogP contribution is -2.36. The van der Waals surface area contributed by atoms with Gasteiger partial charge in [0.2, 0.25) is 5.91 Å². The Balaban J connectivity index is 1.33. The van der Waals surface area contributed by atoms with E-state index in [0.29, 0.717) is 42.1 Å². The number of carbonyl (C=O) groups excluding carboxylic acids is 2. The maximum Gasteiger partial charge on any atom is 0.274 e. The van der Waals surface area contributed by atoms with Crippen molar-refractivity contribution in [2.75, 3.05) is 26.2 Å². The van der Waals surface area contributed by atoms with Gasteiger partial charge in [-0.2, -0.15) is 0 Å². The van der Waals surface area contributed by atoms with E-state index in [4.69, 9.17) is 11.6 Å². The summed E-state index contributed by atoms with van der Waals surface area (Å²) in [4.78, 5) is 33.1. The summed E-state index contributed by atoms with van der Waals surface area (Å²) >= 11 is 5.89. The fraction of sp³-hybridized carbons (Fsp3) is 0.421. The smallest absolute Gasteiger partial charge is 0.274 e. The van der Waals surface area contributed by atoms with Crippen molar-refractivity contribution in [2.45, 2.75) is 6.42 Å². The Morgan fingerprint density at radius 2 is 1.69 bits per heavy atom. The average Bonchev–Trinajstić information content (AvgIpc) is 3.30. The number of carbonyl (C=O) groups is 2. The second kappa shape index (κ2) is 6.76. The largest absolute Gasteiger partial charge is 0.342 e. The Labute approximate surface area is 157 Å². The molecule has 0 bridgehead atoms. The number of hydrogen-bond acceptors (Lipinski definition) is 3. The lowest BCUT2D eigenvalue weighted by molar-refractivity contribution is -0.129. The summed E-state index contributed by atoms with van der Waals surface area (Å²) in [5.74, 6) is 0.844. The molecule has 0 spiro atoms. The number of rotatable bonds is 3. The first kappa shape index (κ1) is 17.1. The summed E-state index contributed by atoms with van der Waals surface area (Å²) in [6, 6.07) is 7.41. The number of hydrogen-bond donors (Lipinski definition) is 0. The molecule has 3 heterocycles. The summed E-state index contributed by atoms with van der Waals surface area (Å²) in [6.07, 6.45) is 3.78. The zero-order valence-electron chi connectivity index (χ0n) is 14.6. The molecular formula is C19H21ClN4O2. The molecule has 2 amide bonds. The number of aromatic nitrogens is 2. The SMILES string of the molecule is Cn1cnc(C(=O)N2C[C@H]3CN(C(=O)Cc4ccc(Cl)cc4)C[C@H]3C2)c1. The van der Waals surface area contributed by atoms with Crippen molar-refractivity contribution in [1.82, 2.24) is 19.4 Å². The van der Waals surface area contributed by atoms with Gasteiger partial charge < -0.3 is 14.4 Å². The molecule has 1 aromatic heterocycles. The Bertz CT molecular complexity index is 818. The van der Waals surface area contributed by atoms with E-state index in [1.807, 2.05) is 41.1 Å². The van der Waals surface area contributed by atoms with E-state index < -0.39 is 0 Å². The number of aryl methyl sites for hydroxylation is 1. The third-order valence-corrected chi connectivity index (χ3v) is 5.57. The van der Waals surface area contributed by atoms with Gasteiger partial charge in [-0.3, -0.25) is 9.59 Å². The average molecular weight is 373 g/mol. The number of nitrogens with zero attached hydrogens (tertiary/aromatic N) is 4. The van der Waals surface area contributed by atoms with Gasteiger partial charge in [-0.15, -0.1) is 0 Å². The van der Waals surface area contributed by atoms with Crippen molar-refractivity contribution >= 4 is 23.4 Å². The second-order valence-corrected chi connectivity index (χ2v) is 7.69. The van der Waals surface area contributed by atoms with Crippen molar-refractivity contribution in [3.63, 3.8) is 0 Å². The van der Waals surface area contributed by atoms with Crippen molar-refractivity contribution < 1.29 is 9.59 Å². The van der Waals surface area contributed by atoms with Crippen LogP contribution < -0.4 is 0 Å². The van der Waals surface area contributed by atoms with Crippen LogP contribution in [-0.2, 0) is 18.3 Å². The minimum Gasteiger partial charge on any atom is -0.342 e. The van der Waals surface area contributed by atoms with Gasteiger partial charge in [-0.25, -0.2) is 4.98 Å². The molecule has 2 atom stereocenters. The molecule has 6 nitrogen and oxygen atoms in total. The van der Waals surface area contributed by atoms with Crippen LogP contribution in [0.15, 0.2) is 36.8 Å². The minimum atomic E-state index is -0.0148. The molecular weight excluding hydrogens is 352 g/mol. The number of amides is 2. The van der Waals surface area contributed by atoms with Crippen LogP contribution in [-0.4, -0.2) is 57.3 Å². The van der Waals surface area contributed by atoms with Crippen LogP contribution in [0, 0.1) is 11.8 Å².